The number of H-pyrrole nitrogens is 1. The Morgan fingerprint density at radius 2 is 1.67 bits per heavy atom. The molecule has 1 unspecified atom stereocenters. The first-order valence-corrected chi connectivity index (χ1v) is 27.7. The minimum Gasteiger partial charge on any atom is -0.489 e. The quantitative estimate of drug-likeness (QED) is 0.0862. The van der Waals surface area contributed by atoms with Gasteiger partial charge in [0.15, 0.2) is 11.4 Å². The molecule has 0 radical (unpaired) electrons. The Kier molecular flexibility index (Phi) is 11.6. The van der Waals surface area contributed by atoms with Gasteiger partial charge >= 0.3 is 0 Å². The zero-order chi connectivity index (χ0) is 49.8. The number of likely N-dealkylation sites (tertiary alicyclic amines) is 1. The number of nitro benzene ring substituents is 1. The molecule has 1 amide bonds. The second kappa shape index (κ2) is 18.1. The normalized spacial score (nSPS) is 26.5. The molecule has 2 saturated carbocycles. The first-order valence-electron chi connectivity index (χ1n) is 26.3. The molecular weight excluding hydrogens is 951 g/mol. The highest BCUT2D eigenvalue weighted by atomic mass is 32.2. The molecule has 73 heavy (non-hydrogen) atoms. The van der Waals surface area contributed by atoms with Crippen LogP contribution in [0.25, 0.3) is 11.0 Å². The average Bonchev–Trinajstić information content (AvgIpc) is 3.92. The first kappa shape index (κ1) is 46.8. The third-order valence-corrected chi connectivity index (χ3v) is 18.7. The van der Waals surface area contributed by atoms with Crippen LogP contribution in [0.4, 0.5) is 28.4 Å². The number of rotatable bonds is 11. The molecule has 2 aliphatic carbocycles. The maximum atomic E-state index is 14.7. The van der Waals surface area contributed by atoms with E-state index in [1.165, 1.54) is 51.1 Å². The molecule has 0 bridgehead atoms. The monoisotopic (exact) mass is 1010 g/mol. The number of nitrogens with zero attached hydrogens (tertiary/aromatic N) is 6. The summed E-state index contributed by atoms with van der Waals surface area (Å²) in [6.45, 7) is 9.68. The molecule has 6 fully saturated rings. The van der Waals surface area contributed by atoms with Crippen molar-refractivity contribution in [3.05, 3.63) is 99.7 Å². The number of carbonyl (C=O) groups excluding carboxylic acids is 1. The number of nitro groups is 1. The molecule has 13 rings (SSSR count). The number of amides is 1. The third-order valence-electron chi connectivity index (χ3n) is 17.4. The largest absolute Gasteiger partial charge is 0.489 e. The van der Waals surface area contributed by atoms with Gasteiger partial charge in [0.25, 0.3) is 21.6 Å². The number of anilines is 4. The van der Waals surface area contributed by atoms with E-state index in [4.69, 9.17) is 23.9 Å². The Morgan fingerprint density at radius 1 is 0.863 bits per heavy atom. The van der Waals surface area contributed by atoms with E-state index >= 15 is 0 Å². The number of morpholine rings is 1. The van der Waals surface area contributed by atoms with Gasteiger partial charge in [-0.2, -0.15) is 4.98 Å². The number of piperidine rings is 1. The highest BCUT2D eigenvalue weighted by molar-refractivity contribution is 7.90. The van der Waals surface area contributed by atoms with Gasteiger partial charge in [0.1, 0.15) is 24.5 Å². The summed E-state index contributed by atoms with van der Waals surface area (Å²) in [4.78, 5) is 43.7. The van der Waals surface area contributed by atoms with Gasteiger partial charge in [-0.1, -0.05) is 24.3 Å². The summed E-state index contributed by atoms with van der Waals surface area (Å²) in [6, 6.07) is 21.7. The van der Waals surface area contributed by atoms with E-state index in [0.717, 1.165) is 49.0 Å². The van der Waals surface area contributed by atoms with Crippen molar-refractivity contribution in [2.45, 2.75) is 118 Å². The van der Waals surface area contributed by atoms with E-state index in [0.29, 0.717) is 66.8 Å². The Morgan fingerprint density at radius 3 is 2.44 bits per heavy atom. The van der Waals surface area contributed by atoms with Crippen molar-refractivity contribution in [3.63, 3.8) is 0 Å². The lowest BCUT2D eigenvalue weighted by Gasteiger charge is -2.56. The van der Waals surface area contributed by atoms with Crippen molar-refractivity contribution in [2.24, 2.45) is 5.41 Å². The van der Waals surface area contributed by atoms with Crippen LogP contribution in [0.1, 0.15) is 98.7 Å². The van der Waals surface area contributed by atoms with Crippen LogP contribution in [0.15, 0.2) is 77.8 Å². The van der Waals surface area contributed by atoms with E-state index < -0.39 is 37.5 Å². The Hall–Kier alpha value is -5.99. The molecule has 384 valence electrons. The number of aromatic nitrogens is 2. The van der Waals surface area contributed by atoms with Crippen LogP contribution < -0.4 is 29.3 Å². The van der Waals surface area contributed by atoms with Crippen LogP contribution in [0.3, 0.4) is 0 Å². The molecule has 3 N–H and O–H groups in total. The topological polar surface area (TPSA) is 197 Å². The van der Waals surface area contributed by atoms with Gasteiger partial charge in [-0.15, -0.1) is 0 Å². The van der Waals surface area contributed by atoms with Gasteiger partial charge in [0, 0.05) is 67.2 Å². The van der Waals surface area contributed by atoms with Crippen LogP contribution in [0.5, 0.6) is 11.6 Å². The van der Waals surface area contributed by atoms with Crippen molar-refractivity contribution in [1.29, 1.82) is 0 Å². The summed E-state index contributed by atoms with van der Waals surface area (Å²) in [5.41, 5.74) is 5.83. The molecule has 8 aliphatic rings. The van der Waals surface area contributed by atoms with Crippen LogP contribution in [0, 0.1) is 15.5 Å². The lowest BCUT2D eigenvalue weighted by atomic mass is 9.59. The summed E-state index contributed by atoms with van der Waals surface area (Å²) in [5, 5.41) is 16.7. The second-order valence-electron chi connectivity index (χ2n) is 22.0. The summed E-state index contributed by atoms with van der Waals surface area (Å²) in [6.07, 6.45) is 11.1. The summed E-state index contributed by atoms with van der Waals surface area (Å²) in [7, 11) is -4.70. The summed E-state index contributed by atoms with van der Waals surface area (Å²) < 4.78 is 54.9. The predicted octanol–water partition coefficient (Wildman–Crippen LogP) is 7.63. The Balaban J connectivity index is 0.755. The molecule has 2 aromatic heterocycles. The fourth-order valence-electron chi connectivity index (χ4n) is 13.1. The number of fused-ring (bicyclic) bond motifs is 3. The minimum atomic E-state index is -4.70. The smallest absolute Gasteiger partial charge is 0.297 e. The van der Waals surface area contributed by atoms with E-state index in [9.17, 15) is 23.3 Å². The number of aromatic amines is 1. The SMILES string of the molecule is C[C@@H]1COC([C@@H]2COc3cc(S(=O)(=O)NC(=O)c4ccc(N5CCC6(CC5)CC(N5CCC[C@H]5c5ccccc5C5CC5)C6)cc4N4c5cc6cc[nH]c6nc5OC[C@@H]4C)cc([N+](=O)[O-])c3N2)CN1C1COC1. The highest BCUT2D eigenvalue weighted by Crippen LogP contribution is 2.55. The van der Waals surface area contributed by atoms with Crippen molar-refractivity contribution in [1.82, 2.24) is 24.5 Å². The van der Waals surface area contributed by atoms with Crippen molar-refractivity contribution < 1.29 is 37.1 Å². The molecule has 3 aromatic carbocycles. The fourth-order valence-corrected chi connectivity index (χ4v) is 14.1. The zero-order valence-electron chi connectivity index (χ0n) is 41.3. The Bertz CT molecular complexity index is 3090. The molecule has 6 aliphatic heterocycles. The van der Waals surface area contributed by atoms with Crippen molar-refractivity contribution >= 4 is 55.4 Å². The zero-order valence-corrected chi connectivity index (χ0v) is 42.2. The van der Waals surface area contributed by atoms with Gasteiger partial charge in [-0.25, -0.2) is 13.1 Å². The first-order chi connectivity index (χ1) is 35.4. The molecule has 19 heteroatoms. The van der Waals surface area contributed by atoms with Gasteiger partial charge in [-0.3, -0.25) is 24.7 Å². The number of carbonyl (C=O) groups is 1. The van der Waals surface area contributed by atoms with Gasteiger partial charge in [0.2, 0.25) is 5.88 Å². The lowest BCUT2D eigenvalue weighted by molar-refractivity contribution is -0.384. The average molecular weight is 1010 g/mol. The van der Waals surface area contributed by atoms with Crippen molar-refractivity contribution in [3.8, 4) is 11.6 Å². The number of hydrogen-bond donors (Lipinski definition) is 3. The summed E-state index contributed by atoms with van der Waals surface area (Å²) in [5.74, 6) is 0.233. The third kappa shape index (κ3) is 8.44. The van der Waals surface area contributed by atoms with Gasteiger partial charge in [0.05, 0.1) is 65.1 Å². The Labute approximate surface area is 424 Å². The van der Waals surface area contributed by atoms with Crippen molar-refractivity contribution in [2.75, 3.05) is 74.3 Å². The molecule has 5 atom stereocenters. The van der Waals surface area contributed by atoms with Crippen LogP contribution in [-0.2, 0) is 19.5 Å². The molecule has 1 spiro atoms. The number of benzene rings is 3. The number of sulfonamides is 1. The van der Waals surface area contributed by atoms with Crippen LogP contribution >= 0.6 is 0 Å². The number of pyridine rings is 1. The maximum absolute atomic E-state index is 14.7. The molecule has 18 nitrogen and oxygen atoms in total. The number of hydrogen-bond acceptors (Lipinski definition) is 15. The van der Waals surface area contributed by atoms with Crippen LogP contribution in [0.2, 0.25) is 0 Å². The molecule has 8 heterocycles. The molecule has 4 saturated heterocycles. The van der Waals surface area contributed by atoms with Gasteiger partial charge in [-0.05, 0) is 125 Å². The summed E-state index contributed by atoms with van der Waals surface area (Å²) >= 11 is 0. The fraction of sp³-hybridized carbons (Fsp3) is 0.519. The highest BCUT2D eigenvalue weighted by Gasteiger charge is 2.50. The van der Waals surface area contributed by atoms with E-state index in [1.54, 1.807) is 17.2 Å². The number of ether oxygens (including phenoxy) is 4. The van der Waals surface area contributed by atoms with Gasteiger partial charge < -0.3 is 39.0 Å². The molecule has 5 aromatic rings. The lowest BCUT2D eigenvalue weighted by Crippen LogP contribution is -2.62. The minimum absolute atomic E-state index is 0.00493. The molecular formula is C54H63N9O9S. The van der Waals surface area contributed by atoms with E-state index in [-0.39, 0.29) is 54.4 Å². The van der Waals surface area contributed by atoms with E-state index in [1.807, 2.05) is 42.3 Å². The number of nitrogens with one attached hydrogen (secondary N) is 3. The van der Waals surface area contributed by atoms with Crippen LogP contribution in [-0.4, -0.2) is 135 Å². The maximum Gasteiger partial charge on any atom is 0.297 e. The standard InChI is InChI=1S/C54H63N9O9S/c1-32-27-70-49(26-61(32)38-29-69-30-38)43-31-71-48-23-39(22-46(63(65)66)50(48)56-43)73(67,68)58-52(64)42-12-11-36(21-45(42)62-33(2)28-72-53-47(62)20-35-13-16-55-51(35)57-53)59-18-14-54(15-19-59)24-37(25-54)60-17-5-8-44(60)41-7-4-3-6-40(41)34-9-10-34/h3-4,6-7,11-13,16,20-23,32-34,37-38,43-44,49,56H,5,8-10,14-15,17-19,24-31H2,1-2H3,(H,55,57)(H,58,64)/t32-,33+,43+,44+,49?/m1/s1. The van der Waals surface area contributed by atoms with E-state index in [2.05, 4.69) is 60.9 Å². The predicted molar refractivity (Wildman–Crippen MR) is 275 cm³/mol. The second-order valence-corrected chi connectivity index (χ2v) is 23.7.